The van der Waals surface area contributed by atoms with Crippen LogP contribution >= 0.6 is 0 Å². The highest BCUT2D eigenvalue weighted by Crippen LogP contribution is 2.70. The Labute approximate surface area is 191 Å². The molecule has 7 atom stereocenters. The predicted octanol–water partition coefficient (Wildman–Crippen LogP) is 5.31. The van der Waals surface area contributed by atoms with Crippen LogP contribution in [0, 0.1) is 22.7 Å². The number of nitrogens with one attached hydrogen (secondary N) is 1. The van der Waals surface area contributed by atoms with Crippen LogP contribution in [0.2, 0.25) is 0 Å². The minimum Gasteiger partial charge on any atom is -0.388 e. The van der Waals surface area contributed by atoms with Crippen molar-refractivity contribution in [3.05, 3.63) is 35.5 Å². The van der Waals surface area contributed by atoms with E-state index in [4.69, 9.17) is 4.74 Å². The average molecular weight is 436 g/mol. The van der Waals surface area contributed by atoms with Crippen LogP contribution in [-0.2, 0) is 21.4 Å². The van der Waals surface area contributed by atoms with Gasteiger partial charge in [0, 0.05) is 22.0 Å². The van der Waals surface area contributed by atoms with Crippen molar-refractivity contribution in [3.63, 3.8) is 0 Å². The first-order valence-corrected chi connectivity index (χ1v) is 12.6. The number of aromatic nitrogens is 1. The molecule has 2 aromatic rings. The zero-order chi connectivity index (χ0) is 22.5. The minimum atomic E-state index is -0.871. The largest absolute Gasteiger partial charge is 0.388 e. The number of aromatic amines is 1. The molecule has 1 aliphatic heterocycles. The molecule has 0 amide bonds. The van der Waals surface area contributed by atoms with Crippen molar-refractivity contribution in [2.45, 2.75) is 95.9 Å². The lowest BCUT2D eigenvalue weighted by Crippen LogP contribution is -2.66. The molecule has 2 saturated carbocycles. The molecule has 32 heavy (non-hydrogen) atoms. The lowest BCUT2D eigenvalue weighted by molar-refractivity contribution is -0.240. The molecule has 0 radical (unpaired) electrons. The second-order valence-corrected chi connectivity index (χ2v) is 12.2. The van der Waals surface area contributed by atoms with Crippen LogP contribution in [0.5, 0.6) is 0 Å². The Hall–Kier alpha value is -1.65. The molecular formula is C28H37NO3. The zero-order valence-corrected chi connectivity index (χ0v) is 19.9. The molecule has 2 N–H and O–H groups in total. The first-order chi connectivity index (χ1) is 15.1. The Morgan fingerprint density at radius 3 is 2.66 bits per heavy atom. The van der Waals surface area contributed by atoms with E-state index in [1.807, 2.05) is 13.8 Å². The van der Waals surface area contributed by atoms with Gasteiger partial charge in [0.2, 0.25) is 0 Å². The fraction of sp³-hybridized carbons (Fsp3) is 0.679. The maximum Gasteiger partial charge on any atom is 0.129 e. The number of ether oxygens (including phenoxy) is 1. The van der Waals surface area contributed by atoms with E-state index in [1.165, 1.54) is 34.9 Å². The molecule has 3 fully saturated rings. The lowest BCUT2D eigenvalue weighted by atomic mass is 9.39. The van der Waals surface area contributed by atoms with Gasteiger partial charge in [0.25, 0.3) is 0 Å². The van der Waals surface area contributed by atoms with Gasteiger partial charge in [-0.3, -0.25) is 0 Å². The SMILES string of the molecule is CC(C)(O)[C@@H]1CC[C@]2(C=O)C(CC[C@@]3(C)C2CCC2Cc4c([nH]c5ccccc45)[C@@]23C)O1. The summed E-state index contributed by atoms with van der Waals surface area (Å²) in [6.45, 7) is 8.64. The number of hydrogen-bond donors (Lipinski definition) is 2. The lowest BCUT2D eigenvalue weighted by Gasteiger charge is -2.66. The van der Waals surface area contributed by atoms with Crippen LogP contribution in [-0.4, -0.2) is 34.2 Å². The van der Waals surface area contributed by atoms with Gasteiger partial charge in [0.05, 0.1) is 23.2 Å². The molecule has 3 aliphatic carbocycles. The van der Waals surface area contributed by atoms with Gasteiger partial charge in [-0.15, -0.1) is 0 Å². The first kappa shape index (κ1) is 20.9. The van der Waals surface area contributed by atoms with E-state index < -0.39 is 11.0 Å². The first-order valence-electron chi connectivity index (χ1n) is 12.6. The van der Waals surface area contributed by atoms with Gasteiger partial charge in [-0.25, -0.2) is 0 Å². The van der Waals surface area contributed by atoms with Crippen molar-refractivity contribution in [2.75, 3.05) is 0 Å². The topological polar surface area (TPSA) is 62.3 Å². The third kappa shape index (κ3) is 2.38. The fourth-order valence-corrected chi connectivity index (χ4v) is 8.83. The molecule has 4 aliphatic rings. The normalized spacial score (nSPS) is 43.3. The quantitative estimate of drug-likeness (QED) is 0.628. The Bertz CT molecular complexity index is 1080. The fourth-order valence-electron chi connectivity index (χ4n) is 8.83. The van der Waals surface area contributed by atoms with Crippen LogP contribution in [0.15, 0.2) is 24.3 Å². The molecule has 3 unspecified atom stereocenters. The van der Waals surface area contributed by atoms with Crippen molar-refractivity contribution in [3.8, 4) is 0 Å². The summed E-state index contributed by atoms with van der Waals surface area (Å²) in [7, 11) is 0. The minimum absolute atomic E-state index is 0.0400. The van der Waals surface area contributed by atoms with Gasteiger partial charge >= 0.3 is 0 Å². The average Bonchev–Trinajstić information content (AvgIpc) is 3.27. The summed E-state index contributed by atoms with van der Waals surface area (Å²) in [5, 5.41) is 12.0. The number of para-hydroxylation sites is 1. The molecular weight excluding hydrogens is 398 g/mol. The molecule has 1 aromatic heterocycles. The number of aldehydes is 1. The Balaban J connectivity index is 1.45. The van der Waals surface area contributed by atoms with Gasteiger partial charge in [0.1, 0.15) is 6.29 Å². The van der Waals surface area contributed by atoms with E-state index in [9.17, 15) is 9.90 Å². The second kappa shape index (κ2) is 6.48. The number of rotatable bonds is 2. The number of benzene rings is 1. The highest BCUT2D eigenvalue weighted by molar-refractivity contribution is 5.86. The summed E-state index contributed by atoms with van der Waals surface area (Å²) in [5.41, 5.74) is 2.97. The van der Waals surface area contributed by atoms with E-state index in [1.54, 1.807) is 0 Å². The maximum absolute atomic E-state index is 12.9. The monoisotopic (exact) mass is 435 g/mol. The number of hydrogen-bond acceptors (Lipinski definition) is 3. The molecule has 0 bridgehead atoms. The van der Waals surface area contributed by atoms with Crippen LogP contribution in [0.3, 0.4) is 0 Å². The van der Waals surface area contributed by atoms with Gasteiger partial charge in [-0.1, -0.05) is 32.0 Å². The second-order valence-electron chi connectivity index (χ2n) is 12.2. The molecule has 4 nitrogen and oxygen atoms in total. The molecule has 1 aromatic carbocycles. The number of carbonyl (C=O) groups excluding carboxylic acids is 1. The molecule has 2 heterocycles. The van der Waals surface area contributed by atoms with Crippen LogP contribution in [0.4, 0.5) is 0 Å². The standard InChI is InChI=1S/C28H37NO3/c1-25(2,31)22-12-14-28(16-30)21-10-9-17-15-19-18-7-5-6-8-20(18)29-24(19)27(17,4)26(21,3)13-11-23(28)32-22/h5-8,16-17,21-23,29,31H,9-15H2,1-4H3/t17?,21?,22-,23?,26-,27+,28+/m0/s1. The van der Waals surface area contributed by atoms with Crippen LogP contribution in [0.25, 0.3) is 10.9 Å². The summed E-state index contributed by atoms with van der Waals surface area (Å²) in [5.74, 6) is 0.941. The third-order valence-electron chi connectivity index (χ3n) is 10.7. The van der Waals surface area contributed by atoms with Crippen LogP contribution in [0.1, 0.15) is 77.5 Å². The van der Waals surface area contributed by atoms with Crippen molar-refractivity contribution in [1.29, 1.82) is 0 Å². The van der Waals surface area contributed by atoms with Gasteiger partial charge in [-0.05, 0) is 87.7 Å². The zero-order valence-electron chi connectivity index (χ0n) is 19.9. The molecule has 1 saturated heterocycles. The van der Waals surface area contributed by atoms with Crippen molar-refractivity contribution < 1.29 is 14.6 Å². The highest BCUT2D eigenvalue weighted by atomic mass is 16.5. The summed E-state index contributed by atoms with van der Waals surface area (Å²) in [6.07, 6.45) is 7.97. The van der Waals surface area contributed by atoms with E-state index in [0.717, 1.165) is 38.5 Å². The van der Waals surface area contributed by atoms with Crippen molar-refractivity contribution >= 4 is 17.2 Å². The predicted molar refractivity (Wildman–Crippen MR) is 126 cm³/mol. The summed E-state index contributed by atoms with van der Waals surface area (Å²) in [6, 6.07) is 8.73. The van der Waals surface area contributed by atoms with E-state index in [0.29, 0.717) is 11.8 Å². The maximum atomic E-state index is 12.9. The van der Waals surface area contributed by atoms with E-state index >= 15 is 0 Å². The number of H-pyrrole nitrogens is 1. The summed E-state index contributed by atoms with van der Waals surface area (Å²) in [4.78, 5) is 16.8. The Morgan fingerprint density at radius 2 is 1.91 bits per heavy atom. The van der Waals surface area contributed by atoms with Crippen molar-refractivity contribution in [1.82, 2.24) is 4.98 Å². The smallest absolute Gasteiger partial charge is 0.129 e. The molecule has 0 spiro atoms. The van der Waals surface area contributed by atoms with Gasteiger partial charge in [0.15, 0.2) is 0 Å². The number of aliphatic hydroxyl groups is 1. The van der Waals surface area contributed by atoms with E-state index in [-0.39, 0.29) is 23.0 Å². The van der Waals surface area contributed by atoms with Crippen LogP contribution < -0.4 is 0 Å². The summed E-state index contributed by atoms with van der Waals surface area (Å²) < 4.78 is 6.52. The highest BCUT2D eigenvalue weighted by Gasteiger charge is 2.69. The Kier molecular flexibility index (Phi) is 4.23. The van der Waals surface area contributed by atoms with Crippen molar-refractivity contribution in [2.24, 2.45) is 22.7 Å². The van der Waals surface area contributed by atoms with E-state index in [2.05, 4.69) is 43.1 Å². The summed E-state index contributed by atoms with van der Waals surface area (Å²) >= 11 is 0. The molecule has 6 rings (SSSR count). The van der Waals surface area contributed by atoms with Gasteiger partial charge in [-0.2, -0.15) is 0 Å². The molecule has 4 heteroatoms. The molecule has 172 valence electrons. The third-order valence-corrected chi connectivity index (χ3v) is 10.7. The van der Waals surface area contributed by atoms with Gasteiger partial charge < -0.3 is 19.6 Å². The number of fused-ring (bicyclic) bond motifs is 9. The Morgan fingerprint density at radius 1 is 1.12 bits per heavy atom. The number of carbonyl (C=O) groups is 1.